The van der Waals surface area contributed by atoms with E-state index in [4.69, 9.17) is 4.74 Å². The molecule has 152 valence electrons. The van der Waals surface area contributed by atoms with E-state index < -0.39 is 0 Å². The summed E-state index contributed by atoms with van der Waals surface area (Å²) in [5.41, 5.74) is 0. The largest absolute Gasteiger partial charge is 0.492 e. The second-order valence-electron chi connectivity index (χ2n) is 7.46. The number of hydrogen-bond donors (Lipinski definition) is 1. The third kappa shape index (κ3) is 5.33. The number of piperazine rings is 1. The maximum Gasteiger partial charge on any atom is 0.242 e. The highest BCUT2D eigenvalue weighted by Crippen LogP contribution is 2.15. The molecule has 1 aromatic carbocycles. The molecule has 3 rings (SSSR count). The zero-order valence-electron chi connectivity index (χ0n) is 17.0. The standard InChI is InChI=1S/C21H31N5O2/c1-17(2)26-20(9-10-22-26)23-21(27)18(3)25-13-11-24(12-14-25)15-16-28-19-7-5-4-6-8-19/h4-10,17-18H,11-16H2,1-3H3,(H,23,27). The lowest BCUT2D eigenvalue weighted by Gasteiger charge is -2.37. The van der Waals surface area contributed by atoms with Crippen LogP contribution in [-0.4, -0.2) is 70.9 Å². The number of para-hydroxylation sites is 1. The van der Waals surface area contributed by atoms with Crippen LogP contribution in [-0.2, 0) is 4.79 Å². The Hall–Kier alpha value is -2.38. The number of nitrogens with one attached hydrogen (secondary N) is 1. The van der Waals surface area contributed by atoms with E-state index in [1.54, 1.807) is 6.20 Å². The fourth-order valence-electron chi connectivity index (χ4n) is 3.40. The van der Waals surface area contributed by atoms with Gasteiger partial charge in [-0.1, -0.05) is 18.2 Å². The van der Waals surface area contributed by atoms with Crippen LogP contribution >= 0.6 is 0 Å². The van der Waals surface area contributed by atoms with Gasteiger partial charge in [-0.3, -0.25) is 14.6 Å². The lowest BCUT2D eigenvalue weighted by molar-refractivity contribution is -0.121. The van der Waals surface area contributed by atoms with Gasteiger partial charge in [0.2, 0.25) is 5.91 Å². The van der Waals surface area contributed by atoms with E-state index in [-0.39, 0.29) is 18.0 Å². The van der Waals surface area contributed by atoms with Crippen LogP contribution in [0.3, 0.4) is 0 Å². The monoisotopic (exact) mass is 385 g/mol. The van der Waals surface area contributed by atoms with Gasteiger partial charge in [-0.05, 0) is 32.9 Å². The first kappa shape index (κ1) is 20.4. The van der Waals surface area contributed by atoms with Gasteiger partial charge >= 0.3 is 0 Å². The fraction of sp³-hybridized carbons (Fsp3) is 0.524. The molecular formula is C21H31N5O2. The van der Waals surface area contributed by atoms with Gasteiger partial charge in [0.05, 0.1) is 12.2 Å². The number of carbonyl (C=O) groups excluding carboxylic acids is 1. The fourth-order valence-corrected chi connectivity index (χ4v) is 3.40. The Balaban J connectivity index is 1.41. The van der Waals surface area contributed by atoms with Gasteiger partial charge < -0.3 is 10.1 Å². The van der Waals surface area contributed by atoms with Crippen molar-refractivity contribution in [3.63, 3.8) is 0 Å². The molecule has 0 spiro atoms. The predicted molar refractivity (Wildman–Crippen MR) is 111 cm³/mol. The molecule has 1 amide bonds. The van der Waals surface area contributed by atoms with E-state index in [0.29, 0.717) is 6.61 Å². The summed E-state index contributed by atoms with van der Waals surface area (Å²) in [5.74, 6) is 1.68. The molecule has 1 atom stereocenters. The number of hydrogen-bond acceptors (Lipinski definition) is 5. The Bertz CT molecular complexity index is 738. The normalized spacial score (nSPS) is 16.9. The van der Waals surface area contributed by atoms with E-state index >= 15 is 0 Å². The van der Waals surface area contributed by atoms with E-state index in [1.807, 2.05) is 61.9 Å². The van der Waals surface area contributed by atoms with Crippen molar-refractivity contribution in [1.29, 1.82) is 0 Å². The van der Waals surface area contributed by atoms with Gasteiger partial charge in [0.1, 0.15) is 18.2 Å². The van der Waals surface area contributed by atoms with Crippen LogP contribution in [0.2, 0.25) is 0 Å². The predicted octanol–water partition coefficient (Wildman–Crippen LogP) is 2.49. The second-order valence-corrected chi connectivity index (χ2v) is 7.46. The van der Waals surface area contributed by atoms with E-state index in [9.17, 15) is 4.79 Å². The molecular weight excluding hydrogens is 354 g/mol. The van der Waals surface area contributed by atoms with Crippen molar-refractivity contribution in [2.75, 3.05) is 44.6 Å². The number of anilines is 1. The van der Waals surface area contributed by atoms with Gasteiger partial charge in [-0.15, -0.1) is 0 Å². The minimum Gasteiger partial charge on any atom is -0.492 e. The van der Waals surface area contributed by atoms with E-state index in [1.165, 1.54) is 0 Å². The molecule has 1 aliphatic rings. The Morgan fingerprint density at radius 3 is 2.50 bits per heavy atom. The molecule has 1 saturated heterocycles. The first-order valence-corrected chi connectivity index (χ1v) is 10.0. The summed E-state index contributed by atoms with van der Waals surface area (Å²) in [7, 11) is 0. The molecule has 2 heterocycles. The molecule has 0 aliphatic carbocycles. The highest BCUT2D eigenvalue weighted by molar-refractivity contribution is 5.93. The zero-order chi connectivity index (χ0) is 19.9. The summed E-state index contributed by atoms with van der Waals surface area (Å²) in [4.78, 5) is 17.3. The quantitative estimate of drug-likeness (QED) is 0.756. The van der Waals surface area contributed by atoms with Crippen LogP contribution in [0.5, 0.6) is 5.75 Å². The number of carbonyl (C=O) groups is 1. The highest BCUT2D eigenvalue weighted by atomic mass is 16.5. The second kappa shape index (κ2) is 9.71. The van der Waals surface area contributed by atoms with Gasteiger partial charge in [0.15, 0.2) is 0 Å². The first-order valence-electron chi connectivity index (χ1n) is 10.0. The molecule has 28 heavy (non-hydrogen) atoms. The van der Waals surface area contributed by atoms with Gasteiger partial charge in [0, 0.05) is 44.8 Å². The number of ether oxygens (including phenoxy) is 1. The number of aromatic nitrogens is 2. The van der Waals surface area contributed by atoms with Gasteiger partial charge in [-0.25, -0.2) is 4.68 Å². The molecule has 1 unspecified atom stereocenters. The van der Waals surface area contributed by atoms with E-state index in [2.05, 4.69) is 20.2 Å². The Morgan fingerprint density at radius 1 is 1.11 bits per heavy atom. The van der Waals surface area contributed by atoms with Crippen LogP contribution in [0.25, 0.3) is 0 Å². The Labute approximate surface area is 167 Å². The topological polar surface area (TPSA) is 62.6 Å². The van der Waals surface area contributed by atoms with Gasteiger partial charge in [0.25, 0.3) is 0 Å². The van der Waals surface area contributed by atoms with E-state index in [0.717, 1.165) is 44.3 Å². The van der Waals surface area contributed by atoms with Gasteiger partial charge in [-0.2, -0.15) is 5.10 Å². The summed E-state index contributed by atoms with van der Waals surface area (Å²) in [6.07, 6.45) is 1.72. The molecule has 1 aromatic heterocycles. The van der Waals surface area contributed by atoms with Crippen molar-refractivity contribution in [3.8, 4) is 5.75 Å². The Kier molecular flexibility index (Phi) is 7.06. The molecule has 1 aliphatic heterocycles. The molecule has 0 saturated carbocycles. The number of rotatable bonds is 8. The molecule has 1 fully saturated rings. The maximum absolute atomic E-state index is 12.7. The van der Waals surface area contributed by atoms with Crippen LogP contribution in [0, 0.1) is 0 Å². The number of benzene rings is 1. The summed E-state index contributed by atoms with van der Waals surface area (Å²) < 4.78 is 7.61. The van der Waals surface area contributed by atoms with Crippen molar-refractivity contribution >= 4 is 11.7 Å². The summed E-state index contributed by atoms with van der Waals surface area (Å²) in [5, 5.41) is 7.29. The van der Waals surface area contributed by atoms with Crippen molar-refractivity contribution in [2.24, 2.45) is 0 Å². The summed E-state index contributed by atoms with van der Waals surface area (Å²) >= 11 is 0. The van der Waals surface area contributed by atoms with Crippen LogP contribution in [0.1, 0.15) is 26.8 Å². The zero-order valence-corrected chi connectivity index (χ0v) is 17.0. The van der Waals surface area contributed by atoms with Crippen molar-refractivity contribution in [2.45, 2.75) is 32.9 Å². The molecule has 0 radical (unpaired) electrons. The molecule has 7 nitrogen and oxygen atoms in total. The average Bonchev–Trinajstić information content (AvgIpc) is 3.17. The average molecular weight is 386 g/mol. The van der Waals surface area contributed by atoms with Crippen molar-refractivity contribution in [3.05, 3.63) is 42.6 Å². The molecule has 1 N–H and O–H groups in total. The minimum atomic E-state index is -0.168. The third-order valence-corrected chi connectivity index (χ3v) is 5.16. The maximum atomic E-state index is 12.7. The first-order chi connectivity index (χ1) is 13.5. The lowest BCUT2D eigenvalue weighted by atomic mass is 10.2. The van der Waals surface area contributed by atoms with Crippen LogP contribution in [0.15, 0.2) is 42.6 Å². The molecule has 2 aromatic rings. The van der Waals surface area contributed by atoms with Crippen molar-refractivity contribution in [1.82, 2.24) is 19.6 Å². The van der Waals surface area contributed by atoms with Crippen LogP contribution in [0.4, 0.5) is 5.82 Å². The molecule has 7 heteroatoms. The minimum absolute atomic E-state index is 0.0169. The smallest absolute Gasteiger partial charge is 0.242 e. The third-order valence-electron chi connectivity index (χ3n) is 5.16. The summed E-state index contributed by atoms with van der Waals surface area (Å²) in [6.45, 7) is 11.3. The lowest BCUT2D eigenvalue weighted by Crippen LogP contribution is -2.53. The summed E-state index contributed by atoms with van der Waals surface area (Å²) in [6, 6.07) is 11.8. The number of nitrogens with zero attached hydrogens (tertiary/aromatic N) is 4. The molecule has 0 bridgehead atoms. The van der Waals surface area contributed by atoms with Crippen LogP contribution < -0.4 is 10.1 Å². The SMILES string of the molecule is CC(C(=O)Nc1ccnn1C(C)C)N1CCN(CCOc2ccccc2)CC1. The number of amides is 1. The van der Waals surface area contributed by atoms with Crippen molar-refractivity contribution < 1.29 is 9.53 Å². The Morgan fingerprint density at radius 2 is 1.82 bits per heavy atom. The highest BCUT2D eigenvalue weighted by Gasteiger charge is 2.26.